The molecule has 0 saturated carbocycles. The largest absolute Gasteiger partial charge is 0.373 e. The summed E-state index contributed by atoms with van der Waals surface area (Å²) in [7, 11) is 1.64. The molecule has 5 nitrogen and oxygen atoms in total. The van der Waals surface area contributed by atoms with E-state index in [0.717, 1.165) is 0 Å². The van der Waals surface area contributed by atoms with Crippen molar-refractivity contribution in [2.75, 3.05) is 13.7 Å². The van der Waals surface area contributed by atoms with Crippen LogP contribution in [0.25, 0.3) is 0 Å². The van der Waals surface area contributed by atoms with Crippen molar-refractivity contribution in [2.45, 2.75) is 26.5 Å². The van der Waals surface area contributed by atoms with E-state index in [1.807, 2.05) is 13.8 Å². The number of rotatable bonds is 6. The van der Waals surface area contributed by atoms with Gasteiger partial charge in [0.15, 0.2) is 0 Å². The molecule has 0 fully saturated rings. The van der Waals surface area contributed by atoms with Crippen LogP contribution >= 0.6 is 0 Å². The summed E-state index contributed by atoms with van der Waals surface area (Å²) in [6.45, 7) is 5.04. The van der Waals surface area contributed by atoms with Crippen molar-refractivity contribution < 1.29 is 9.26 Å². The van der Waals surface area contributed by atoms with Crippen molar-refractivity contribution in [3.05, 3.63) is 11.7 Å². The fourth-order valence-corrected chi connectivity index (χ4v) is 1.37. The van der Waals surface area contributed by atoms with Gasteiger partial charge in [-0.1, -0.05) is 24.9 Å². The summed E-state index contributed by atoms with van der Waals surface area (Å²) in [5, 5.41) is 6.86. The van der Waals surface area contributed by atoms with Crippen LogP contribution in [0.3, 0.4) is 0 Å². The monoisotopic (exact) mass is 223 g/mol. The molecule has 0 bridgehead atoms. The topological polar surface area (TPSA) is 60.2 Å². The van der Waals surface area contributed by atoms with Crippen LogP contribution in [0.5, 0.6) is 0 Å². The van der Waals surface area contributed by atoms with Crippen molar-refractivity contribution in [3.63, 3.8) is 0 Å². The molecule has 0 spiro atoms. The highest BCUT2D eigenvalue weighted by atomic mass is 16.5. The number of nitrogens with zero attached hydrogens (tertiary/aromatic N) is 2. The van der Waals surface area contributed by atoms with Gasteiger partial charge in [0.25, 0.3) is 0 Å². The van der Waals surface area contributed by atoms with Crippen LogP contribution < -0.4 is 5.32 Å². The molecular formula is C11H17N3O2. The van der Waals surface area contributed by atoms with E-state index in [1.54, 1.807) is 7.11 Å². The number of methoxy groups -OCH3 is 1. The lowest BCUT2D eigenvalue weighted by Gasteiger charge is -2.14. The van der Waals surface area contributed by atoms with Crippen LogP contribution in [-0.4, -0.2) is 23.8 Å². The van der Waals surface area contributed by atoms with E-state index in [0.29, 0.717) is 30.7 Å². The van der Waals surface area contributed by atoms with Gasteiger partial charge in [0, 0.05) is 7.11 Å². The molecule has 0 aliphatic carbocycles. The third-order valence-corrected chi connectivity index (χ3v) is 2.10. The molecule has 5 heteroatoms. The van der Waals surface area contributed by atoms with Crippen molar-refractivity contribution in [1.82, 2.24) is 15.5 Å². The lowest BCUT2D eigenvalue weighted by atomic mass is 10.1. The average Bonchev–Trinajstić information content (AvgIpc) is 2.67. The van der Waals surface area contributed by atoms with E-state index in [-0.39, 0.29) is 6.10 Å². The Morgan fingerprint density at radius 3 is 2.88 bits per heavy atom. The molecule has 1 atom stereocenters. The summed E-state index contributed by atoms with van der Waals surface area (Å²) in [5.74, 6) is 3.87. The Balaban J connectivity index is 2.60. The molecule has 1 rings (SSSR count). The summed E-state index contributed by atoms with van der Waals surface area (Å²) < 4.78 is 10.4. The van der Waals surface area contributed by atoms with Crippen LogP contribution in [0.4, 0.5) is 0 Å². The van der Waals surface area contributed by atoms with E-state index in [2.05, 4.69) is 21.4 Å². The third-order valence-electron chi connectivity index (χ3n) is 2.10. The van der Waals surface area contributed by atoms with E-state index in [9.17, 15) is 0 Å². The number of nitrogens with one attached hydrogen (secondary N) is 1. The van der Waals surface area contributed by atoms with E-state index >= 15 is 0 Å². The minimum Gasteiger partial charge on any atom is -0.373 e. The highest BCUT2D eigenvalue weighted by Crippen LogP contribution is 2.21. The van der Waals surface area contributed by atoms with Crippen molar-refractivity contribution >= 4 is 0 Å². The first-order chi connectivity index (χ1) is 7.69. The van der Waals surface area contributed by atoms with Gasteiger partial charge in [-0.15, -0.1) is 6.42 Å². The summed E-state index contributed by atoms with van der Waals surface area (Å²) in [6.07, 6.45) is 4.97. The number of terminal acetylenes is 1. The van der Waals surface area contributed by atoms with Crippen LogP contribution in [-0.2, 0) is 11.3 Å². The fraction of sp³-hybridized carbons (Fsp3) is 0.636. The van der Waals surface area contributed by atoms with Gasteiger partial charge in [0.1, 0.15) is 6.10 Å². The van der Waals surface area contributed by atoms with E-state index < -0.39 is 0 Å². The first kappa shape index (κ1) is 12.7. The number of hydrogen-bond donors (Lipinski definition) is 1. The first-order valence-corrected chi connectivity index (χ1v) is 5.18. The van der Waals surface area contributed by atoms with E-state index in [1.165, 1.54) is 0 Å². The zero-order valence-corrected chi connectivity index (χ0v) is 9.86. The molecule has 1 aromatic rings. The molecule has 0 amide bonds. The lowest BCUT2D eigenvalue weighted by Crippen LogP contribution is -2.14. The molecule has 1 unspecified atom stereocenters. The second kappa shape index (κ2) is 6.26. The Labute approximate surface area is 95.6 Å². The quantitative estimate of drug-likeness (QED) is 0.578. The Hall–Kier alpha value is -1.38. The van der Waals surface area contributed by atoms with Crippen molar-refractivity contribution in [3.8, 4) is 12.3 Å². The van der Waals surface area contributed by atoms with Gasteiger partial charge >= 0.3 is 0 Å². The van der Waals surface area contributed by atoms with Crippen LogP contribution in [0.2, 0.25) is 0 Å². The molecule has 0 radical (unpaired) electrons. The standard InChI is InChI=1S/C11H17N3O2/c1-5-6-12-7-9-13-11(14-16-9)10(15-4)8(2)3/h1,8,10,12H,6-7H2,2-4H3. The molecule has 0 saturated heterocycles. The Bertz CT molecular complexity index is 354. The predicted octanol–water partition coefficient (Wildman–Crippen LogP) is 1.14. The second-order valence-corrected chi connectivity index (χ2v) is 3.75. The van der Waals surface area contributed by atoms with Gasteiger partial charge in [-0.3, -0.25) is 5.32 Å². The minimum absolute atomic E-state index is 0.134. The van der Waals surface area contributed by atoms with Gasteiger partial charge in [-0.25, -0.2) is 0 Å². The highest BCUT2D eigenvalue weighted by Gasteiger charge is 2.20. The summed E-state index contributed by atoms with van der Waals surface area (Å²) in [4.78, 5) is 4.24. The van der Waals surface area contributed by atoms with Crippen LogP contribution in [0, 0.1) is 18.3 Å². The predicted molar refractivity (Wildman–Crippen MR) is 59.4 cm³/mol. The zero-order valence-electron chi connectivity index (χ0n) is 9.86. The molecule has 0 aliphatic rings. The van der Waals surface area contributed by atoms with Gasteiger partial charge in [-0.2, -0.15) is 4.98 Å². The van der Waals surface area contributed by atoms with E-state index in [4.69, 9.17) is 15.7 Å². The first-order valence-electron chi connectivity index (χ1n) is 5.18. The molecule has 0 aliphatic heterocycles. The third kappa shape index (κ3) is 3.33. The Kier molecular flexibility index (Phi) is 4.96. The minimum atomic E-state index is -0.134. The number of ether oxygens (including phenoxy) is 1. The summed E-state index contributed by atoms with van der Waals surface area (Å²) >= 11 is 0. The van der Waals surface area contributed by atoms with Gasteiger partial charge in [-0.05, 0) is 5.92 Å². The van der Waals surface area contributed by atoms with Crippen LogP contribution in [0.1, 0.15) is 31.7 Å². The maximum atomic E-state index is 5.30. The normalized spacial score (nSPS) is 12.7. The maximum Gasteiger partial charge on any atom is 0.240 e. The lowest BCUT2D eigenvalue weighted by molar-refractivity contribution is 0.0555. The SMILES string of the molecule is C#CCNCc1nc(C(OC)C(C)C)no1. The highest BCUT2D eigenvalue weighted by molar-refractivity contribution is 4.93. The van der Waals surface area contributed by atoms with Gasteiger partial charge in [0.2, 0.25) is 11.7 Å². The Morgan fingerprint density at radius 2 is 2.31 bits per heavy atom. The second-order valence-electron chi connectivity index (χ2n) is 3.75. The van der Waals surface area contributed by atoms with Crippen molar-refractivity contribution in [1.29, 1.82) is 0 Å². The van der Waals surface area contributed by atoms with Gasteiger partial charge < -0.3 is 9.26 Å². The van der Waals surface area contributed by atoms with Crippen molar-refractivity contribution in [2.24, 2.45) is 5.92 Å². The average molecular weight is 223 g/mol. The zero-order chi connectivity index (χ0) is 12.0. The number of hydrogen-bond acceptors (Lipinski definition) is 5. The maximum absolute atomic E-state index is 5.30. The molecule has 1 heterocycles. The summed E-state index contributed by atoms with van der Waals surface area (Å²) in [6, 6.07) is 0. The molecule has 16 heavy (non-hydrogen) atoms. The molecule has 88 valence electrons. The Morgan fingerprint density at radius 1 is 1.56 bits per heavy atom. The van der Waals surface area contributed by atoms with Crippen LogP contribution in [0.15, 0.2) is 4.52 Å². The van der Waals surface area contributed by atoms with Gasteiger partial charge in [0.05, 0.1) is 13.1 Å². The smallest absolute Gasteiger partial charge is 0.240 e. The fourth-order valence-electron chi connectivity index (χ4n) is 1.37. The molecule has 1 aromatic heterocycles. The molecular weight excluding hydrogens is 206 g/mol. The molecule has 0 aromatic carbocycles. The summed E-state index contributed by atoms with van der Waals surface area (Å²) in [5.41, 5.74) is 0. The number of aromatic nitrogens is 2. The molecule has 1 N–H and O–H groups in total.